The van der Waals surface area contributed by atoms with Gasteiger partial charge in [0.25, 0.3) is 5.91 Å². The van der Waals surface area contributed by atoms with Gasteiger partial charge in [0.1, 0.15) is 17.4 Å². The number of hydrogen-bond donors (Lipinski definition) is 2. The van der Waals surface area contributed by atoms with E-state index in [4.69, 9.17) is 0 Å². The average molecular weight is 277 g/mol. The zero-order valence-electron chi connectivity index (χ0n) is 11.4. The second-order valence-electron chi connectivity index (χ2n) is 4.80. The highest BCUT2D eigenvalue weighted by molar-refractivity contribution is 6.07. The highest BCUT2D eigenvalue weighted by Gasteiger charge is 2.36. The first-order chi connectivity index (χ1) is 9.31. The molecule has 2 heterocycles. The number of pyridine rings is 1. The normalized spacial score (nSPS) is 18.6. The zero-order valence-corrected chi connectivity index (χ0v) is 11.4. The third-order valence-electron chi connectivity index (χ3n) is 3.25. The summed E-state index contributed by atoms with van der Waals surface area (Å²) in [7, 11) is 1.40. The summed E-state index contributed by atoms with van der Waals surface area (Å²) in [5.41, 5.74) is 1.21. The van der Waals surface area contributed by atoms with Gasteiger partial charge in [-0.1, -0.05) is 0 Å². The van der Waals surface area contributed by atoms with E-state index in [9.17, 15) is 19.5 Å². The fourth-order valence-electron chi connectivity index (χ4n) is 2.24. The van der Waals surface area contributed by atoms with Crippen LogP contribution in [0.15, 0.2) is 6.07 Å². The van der Waals surface area contributed by atoms with Crippen LogP contribution in [0.5, 0.6) is 0 Å². The highest BCUT2D eigenvalue weighted by atomic mass is 16.4. The fraction of sp³-hybridized carbons (Fsp3) is 0.385. The number of imide groups is 1. The van der Waals surface area contributed by atoms with Crippen molar-refractivity contribution in [3.8, 4) is 0 Å². The third kappa shape index (κ3) is 2.34. The number of anilines is 1. The molecule has 2 N–H and O–H groups in total. The van der Waals surface area contributed by atoms with Crippen LogP contribution < -0.4 is 5.32 Å². The Kier molecular flexibility index (Phi) is 3.44. The molecule has 1 fully saturated rings. The van der Waals surface area contributed by atoms with Gasteiger partial charge in [-0.3, -0.25) is 14.5 Å². The van der Waals surface area contributed by atoms with Crippen molar-refractivity contribution in [2.24, 2.45) is 0 Å². The lowest BCUT2D eigenvalue weighted by atomic mass is 10.1. The van der Waals surface area contributed by atoms with E-state index in [1.807, 2.05) is 0 Å². The van der Waals surface area contributed by atoms with Crippen LogP contribution in [0.4, 0.5) is 5.82 Å². The van der Waals surface area contributed by atoms with Crippen molar-refractivity contribution in [3.05, 3.63) is 22.9 Å². The van der Waals surface area contributed by atoms with E-state index in [2.05, 4.69) is 10.3 Å². The minimum Gasteiger partial charge on any atom is -0.478 e. The first-order valence-electron chi connectivity index (χ1n) is 6.09. The molecule has 0 aromatic carbocycles. The summed E-state index contributed by atoms with van der Waals surface area (Å²) in [6.07, 6.45) is 0.00304. The van der Waals surface area contributed by atoms with Crippen LogP contribution in [0.25, 0.3) is 0 Å². The summed E-state index contributed by atoms with van der Waals surface area (Å²) in [5.74, 6) is -1.68. The quantitative estimate of drug-likeness (QED) is 0.783. The molecule has 2 rings (SSSR count). The zero-order chi connectivity index (χ0) is 15.0. The van der Waals surface area contributed by atoms with Crippen LogP contribution in [0.1, 0.15) is 28.0 Å². The fourth-order valence-corrected chi connectivity index (χ4v) is 2.24. The van der Waals surface area contributed by atoms with Crippen LogP contribution in [0.3, 0.4) is 0 Å². The number of nitrogens with one attached hydrogen (secondary N) is 1. The van der Waals surface area contributed by atoms with Crippen molar-refractivity contribution in [3.63, 3.8) is 0 Å². The maximum atomic E-state index is 11.8. The molecule has 1 atom stereocenters. The number of carbonyl (C=O) groups is 3. The van der Waals surface area contributed by atoms with E-state index in [1.165, 1.54) is 7.05 Å². The molecule has 0 saturated carbocycles. The molecule has 7 heteroatoms. The second kappa shape index (κ2) is 4.92. The first-order valence-corrected chi connectivity index (χ1v) is 6.09. The number of carbonyl (C=O) groups excluding carboxylic acids is 2. The number of aromatic carboxylic acids is 1. The SMILES string of the molecule is Cc1cc(C)c(C(=O)O)c(NC2CC(=O)N(C)C2=O)n1. The molecule has 7 nitrogen and oxygen atoms in total. The van der Waals surface area contributed by atoms with Gasteiger partial charge in [-0.15, -0.1) is 0 Å². The van der Waals surface area contributed by atoms with Crippen LogP contribution >= 0.6 is 0 Å². The lowest BCUT2D eigenvalue weighted by Crippen LogP contribution is -2.32. The van der Waals surface area contributed by atoms with Crippen LogP contribution in [-0.4, -0.2) is 45.9 Å². The van der Waals surface area contributed by atoms with Gasteiger partial charge in [-0.05, 0) is 25.5 Å². The number of aryl methyl sites for hydroxylation is 2. The second-order valence-corrected chi connectivity index (χ2v) is 4.80. The van der Waals surface area contributed by atoms with Gasteiger partial charge in [0, 0.05) is 12.7 Å². The number of rotatable bonds is 3. The molecule has 1 unspecified atom stereocenters. The van der Waals surface area contributed by atoms with Gasteiger partial charge in [0.2, 0.25) is 5.91 Å². The summed E-state index contributed by atoms with van der Waals surface area (Å²) >= 11 is 0. The lowest BCUT2D eigenvalue weighted by Gasteiger charge is -2.15. The predicted molar refractivity (Wildman–Crippen MR) is 70.5 cm³/mol. The Bertz CT molecular complexity index is 612. The Morgan fingerprint density at radius 3 is 2.60 bits per heavy atom. The van der Waals surface area contributed by atoms with Gasteiger partial charge in [-0.25, -0.2) is 9.78 Å². The number of amides is 2. The molecule has 1 aromatic heterocycles. The Morgan fingerprint density at radius 2 is 2.10 bits per heavy atom. The van der Waals surface area contributed by atoms with Crippen LogP contribution in [-0.2, 0) is 9.59 Å². The summed E-state index contributed by atoms with van der Waals surface area (Å²) in [6.45, 7) is 3.40. The maximum absolute atomic E-state index is 11.8. The summed E-state index contributed by atoms with van der Waals surface area (Å²) < 4.78 is 0. The van der Waals surface area contributed by atoms with Crippen LogP contribution in [0.2, 0.25) is 0 Å². The monoisotopic (exact) mass is 277 g/mol. The van der Waals surface area contributed by atoms with Crippen LogP contribution in [0, 0.1) is 13.8 Å². The van der Waals surface area contributed by atoms with E-state index < -0.39 is 12.0 Å². The molecule has 2 amide bonds. The third-order valence-corrected chi connectivity index (χ3v) is 3.25. The minimum absolute atomic E-state index is 0.00304. The molecular formula is C13H15N3O4. The van der Waals surface area contributed by atoms with Gasteiger partial charge < -0.3 is 10.4 Å². The van der Waals surface area contributed by atoms with Crippen molar-refractivity contribution in [2.45, 2.75) is 26.3 Å². The van der Waals surface area contributed by atoms with Crippen molar-refractivity contribution < 1.29 is 19.5 Å². The highest BCUT2D eigenvalue weighted by Crippen LogP contribution is 2.22. The molecule has 0 radical (unpaired) electrons. The van der Waals surface area contributed by atoms with Crippen molar-refractivity contribution in [1.29, 1.82) is 0 Å². The number of likely N-dealkylation sites (tertiary alicyclic amines) is 1. The van der Waals surface area contributed by atoms with E-state index in [-0.39, 0.29) is 29.6 Å². The van der Waals surface area contributed by atoms with E-state index in [0.29, 0.717) is 11.3 Å². The Balaban J connectivity index is 2.37. The summed E-state index contributed by atoms with van der Waals surface area (Å²) in [6, 6.07) is 0.891. The molecule has 0 spiro atoms. The number of carboxylic acid groups (broad SMARTS) is 1. The Labute approximate surface area is 115 Å². The average Bonchev–Trinajstić information content (AvgIpc) is 2.55. The molecule has 0 aliphatic carbocycles. The molecule has 0 bridgehead atoms. The topological polar surface area (TPSA) is 99.6 Å². The number of hydrogen-bond acceptors (Lipinski definition) is 5. The van der Waals surface area contributed by atoms with Crippen molar-refractivity contribution in [1.82, 2.24) is 9.88 Å². The summed E-state index contributed by atoms with van der Waals surface area (Å²) in [4.78, 5) is 39.8. The Morgan fingerprint density at radius 1 is 1.45 bits per heavy atom. The summed E-state index contributed by atoms with van der Waals surface area (Å²) in [5, 5.41) is 12.0. The van der Waals surface area contributed by atoms with Gasteiger partial charge in [0.15, 0.2) is 0 Å². The molecule has 1 aromatic rings. The van der Waals surface area contributed by atoms with Crippen molar-refractivity contribution >= 4 is 23.6 Å². The molecule has 1 aliphatic heterocycles. The number of aromatic nitrogens is 1. The smallest absolute Gasteiger partial charge is 0.339 e. The van der Waals surface area contributed by atoms with Gasteiger partial charge >= 0.3 is 5.97 Å². The standard InChI is InChI=1S/C13H15N3O4/c1-6-4-7(2)14-11(10(6)13(19)20)15-8-5-9(17)16(3)12(8)18/h4,8H,5H2,1-3H3,(H,14,15)(H,19,20). The lowest BCUT2D eigenvalue weighted by molar-refractivity contribution is -0.136. The van der Waals surface area contributed by atoms with E-state index in [0.717, 1.165) is 4.90 Å². The largest absolute Gasteiger partial charge is 0.478 e. The van der Waals surface area contributed by atoms with Gasteiger partial charge in [-0.2, -0.15) is 0 Å². The molecular weight excluding hydrogens is 262 g/mol. The number of carboxylic acids is 1. The van der Waals surface area contributed by atoms with Crippen molar-refractivity contribution in [2.75, 3.05) is 12.4 Å². The molecule has 106 valence electrons. The molecule has 1 aliphatic rings. The molecule has 1 saturated heterocycles. The maximum Gasteiger partial charge on any atom is 0.339 e. The number of nitrogens with zero attached hydrogens (tertiary/aromatic N) is 2. The first kappa shape index (κ1) is 14.0. The van der Waals surface area contributed by atoms with Gasteiger partial charge in [0.05, 0.1) is 6.42 Å². The number of likely N-dealkylation sites (N-methyl/N-ethyl adjacent to an activating group) is 1. The molecule has 20 heavy (non-hydrogen) atoms. The minimum atomic E-state index is -1.12. The van der Waals surface area contributed by atoms with E-state index >= 15 is 0 Å². The predicted octanol–water partition coefficient (Wildman–Crippen LogP) is 0.566. The van der Waals surface area contributed by atoms with E-state index in [1.54, 1.807) is 19.9 Å². The Hall–Kier alpha value is -2.44.